The van der Waals surface area contributed by atoms with Gasteiger partial charge in [-0.1, -0.05) is 0 Å². The Kier molecular flexibility index (Phi) is 4.01. The Labute approximate surface area is 96.1 Å². The summed E-state index contributed by atoms with van der Waals surface area (Å²) in [6.45, 7) is 2.08. The molecule has 1 heterocycles. The van der Waals surface area contributed by atoms with Crippen LogP contribution in [0.3, 0.4) is 0 Å². The smallest absolute Gasteiger partial charge is 0.240 e. The molecule has 0 saturated carbocycles. The van der Waals surface area contributed by atoms with Crippen LogP contribution in [0.1, 0.15) is 12.7 Å². The van der Waals surface area contributed by atoms with Gasteiger partial charge in [0.05, 0.1) is 6.54 Å². The Balaban J connectivity index is 2.57. The van der Waals surface area contributed by atoms with Crippen LogP contribution in [0.25, 0.3) is 0 Å². The second-order valence-electron chi connectivity index (χ2n) is 3.02. The van der Waals surface area contributed by atoms with E-state index in [1.807, 2.05) is 6.07 Å². The Morgan fingerprint density at radius 2 is 2.36 bits per heavy atom. The fraction of sp³-hybridized carbons (Fsp3) is 0.444. The second kappa shape index (κ2) is 4.84. The average Bonchev–Trinajstić information content (AvgIpc) is 2.49. The molecule has 1 aromatic rings. The summed E-state index contributed by atoms with van der Waals surface area (Å²) >= 11 is 8.86. The number of halogens is 2. The van der Waals surface area contributed by atoms with Gasteiger partial charge in [0.2, 0.25) is 5.91 Å². The quantitative estimate of drug-likeness (QED) is 0.798. The van der Waals surface area contributed by atoms with Gasteiger partial charge in [-0.05, 0) is 35.0 Å². The van der Waals surface area contributed by atoms with E-state index in [1.165, 1.54) is 4.90 Å². The lowest BCUT2D eigenvalue weighted by Gasteiger charge is -2.16. The van der Waals surface area contributed by atoms with Gasteiger partial charge in [-0.2, -0.15) is 0 Å². The van der Waals surface area contributed by atoms with Crippen molar-refractivity contribution in [2.24, 2.45) is 0 Å². The molecule has 0 aliphatic rings. The largest absolute Gasteiger partial charge is 0.452 e. The van der Waals surface area contributed by atoms with E-state index in [1.54, 1.807) is 20.0 Å². The van der Waals surface area contributed by atoms with Crippen LogP contribution in [-0.4, -0.2) is 23.2 Å². The van der Waals surface area contributed by atoms with Crippen molar-refractivity contribution in [3.63, 3.8) is 0 Å². The number of alkyl halides is 1. The summed E-state index contributed by atoms with van der Waals surface area (Å²) in [6.07, 6.45) is 0. The van der Waals surface area contributed by atoms with Crippen molar-refractivity contribution < 1.29 is 9.21 Å². The van der Waals surface area contributed by atoms with E-state index in [9.17, 15) is 4.79 Å². The Morgan fingerprint density at radius 1 is 1.71 bits per heavy atom. The van der Waals surface area contributed by atoms with E-state index in [4.69, 9.17) is 16.0 Å². The van der Waals surface area contributed by atoms with Crippen LogP contribution >= 0.6 is 27.5 Å². The lowest BCUT2D eigenvalue weighted by atomic mass is 10.3. The van der Waals surface area contributed by atoms with Crippen molar-refractivity contribution >= 4 is 33.4 Å². The summed E-state index contributed by atoms with van der Waals surface area (Å²) in [5.41, 5.74) is 0. The molecule has 5 heteroatoms. The number of amides is 1. The molecule has 14 heavy (non-hydrogen) atoms. The van der Waals surface area contributed by atoms with Crippen molar-refractivity contribution in [1.82, 2.24) is 4.90 Å². The summed E-state index contributed by atoms with van der Waals surface area (Å²) in [5, 5.41) is -0.501. The van der Waals surface area contributed by atoms with Crippen LogP contribution in [0, 0.1) is 0 Å². The van der Waals surface area contributed by atoms with Crippen molar-refractivity contribution in [3.05, 3.63) is 22.6 Å². The first kappa shape index (κ1) is 11.6. The van der Waals surface area contributed by atoms with Crippen molar-refractivity contribution in [1.29, 1.82) is 0 Å². The molecule has 1 atom stereocenters. The first-order valence-corrected chi connectivity index (χ1v) is 5.37. The van der Waals surface area contributed by atoms with Crippen LogP contribution in [0.2, 0.25) is 0 Å². The molecule has 1 rings (SSSR count). The number of hydrogen-bond acceptors (Lipinski definition) is 2. The molecule has 0 aliphatic heterocycles. The van der Waals surface area contributed by atoms with Crippen LogP contribution in [0.4, 0.5) is 0 Å². The van der Waals surface area contributed by atoms with E-state index in [0.717, 1.165) is 5.76 Å². The number of hydrogen-bond donors (Lipinski definition) is 0. The van der Waals surface area contributed by atoms with Crippen LogP contribution < -0.4 is 0 Å². The standard InChI is InChI=1S/C9H11BrClNO2/c1-6(11)9(13)12(2)5-7-3-4-8(10)14-7/h3-4,6H,5H2,1-2H3. The highest BCUT2D eigenvalue weighted by molar-refractivity contribution is 9.10. The lowest BCUT2D eigenvalue weighted by molar-refractivity contribution is -0.129. The van der Waals surface area contributed by atoms with E-state index in [2.05, 4.69) is 15.9 Å². The van der Waals surface area contributed by atoms with Gasteiger partial charge in [-0.15, -0.1) is 11.6 Å². The predicted octanol–water partition coefficient (Wildman–Crippen LogP) is 2.63. The lowest BCUT2D eigenvalue weighted by Crippen LogP contribution is -2.31. The first-order valence-electron chi connectivity index (χ1n) is 4.14. The van der Waals surface area contributed by atoms with Crippen LogP contribution in [0.15, 0.2) is 21.2 Å². The highest BCUT2D eigenvalue weighted by Gasteiger charge is 2.15. The second-order valence-corrected chi connectivity index (χ2v) is 4.45. The molecule has 0 N–H and O–H groups in total. The van der Waals surface area contributed by atoms with E-state index >= 15 is 0 Å². The highest BCUT2D eigenvalue weighted by Crippen LogP contribution is 2.15. The number of furan rings is 1. The van der Waals surface area contributed by atoms with E-state index in [0.29, 0.717) is 11.2 Å². The molecule has 0 saturated heterocycles. The van der Waals surface area contributed by atoms with Gasteiger partial charge in [-0.3, -0.25) is 4.79 Å². The molecule has 0 fully saturated rings. The third-order valence-corrected chi connectivity index (χ3v) is 2.35. The van der Waals surface area contributed by atoms with Gasteiger partial charge in [0, 0.05) is 7.05 Å². The van der Waals surface area contributed by atoms with Gasteiger partial charge in [0.15, 0.2) is 4.67 Å². The topological polar surface area (TPSA) is 33.5 Å². The molecule has 0 aromatic carbocycles. The molecular formula is C9H11BrClNO2. The Morgan fingerprint density at radius 3 is 2.79 bits per heavy atom. The molecule has 0 radical (unpaired) electrons. The number of carbonyl (C=O) groups is 1. The van der Waals surface area contributed by atoms with Gasteiger partial charge < -0.3 is 9.32 Å². The normalized spacial score (nSPS) is 12.6. The predicted molar refractivity (Wildman–Crippen MR) is 58.2 cm³/mol. The summed E-state index contributed by atoms with van der Waals surface area (Å²) < 4.78 is 5.92. The van der Waals surface area contributed by atoms with Gasteiger partial charge in [0.1, 0.15) is 11.1 Å². The maximum atomic E-state index is 11.4. The summed E-state index contributed by atoms with van der Waals surface area (Å²) in [5.74, 6) is 0.615. The molecule has 0 bridgehead atoms. The van der Waals surface area contributed by atoms with Gasteiger partial charge >= 0.3 is 0 Å². The van der Waals surface area contributed by atoms with E-state index in [-0.39, 0.29) is 5.91 Å². The first-order chi connectivity index (χ1) is 6.50. The van der Waals surface area contributed by atoms with Crippen molar-refractivity contribution in [3.8, 4) is 0 Å². The molecule has 1 unspecified atom stereocenters. The summed E-state index contributed by atoms with van der Waals surface area (Å²) in [4.78, 5) is 12.9. The molecule has 0 spiro atoms. The molecule has 0 aliphatic carbocycles. The van der Waals surface area contributed by atoms with Crippen LogP contribution in [0.5, 0.6) is 0 Å². The summed E-state index contributed by atoms with van der Waals surface area (Å²) in [7, 11) is 1.69. The van der Waals surface area contributed by atoms with Crippen molar-refractivity contribution in [2.45, 2.75) is 18.8 Å². The maximum absolute atomic E-state index is 11.4. The fourth-order valence-electron chi connectivity index (χ4n) is 1.05. The van der Waals surface area contributed by atoms with Crippen molar-refractivity contribution in [2.75, 3.05) is 7.05 Å². The van der Waals surface area contributed by atoms with Gasteiger partial charge in [-0.25, -0.2) is 0 Å². The zero-order valence-corrected chi connectivity index (χ0v) is 10.3. The molecule has 3 nitrogen and oxygen atoms in total. The monoisotopic (exact) mass is 279 g/mol. The number of carbonyl (C=O) groups excluding carboxylic acids is 1. The van der Waals surface area contributed by atoms with Gasteiger partial charge in [0.25, 0.3) is 0 Å². The highest BCUT2D eigenvalue weighted by atomic mass is 79.9. The number of rotatable bonds is 3. The van der Waals surface area contributed by atoms with Crippen LogP contribution in [-0.2, 0) is 11.3 Å². The minimum atomic E-state index is -0.501. The minimum Gasteiger partial charge on any atom is -0.452 e. The Hall–Kier alpha value is -0.480. The third kappa shape index (κ3) is 3.03. The third-order valence-electron chi connectivity index (χ3n) is 1.74. The fourth-order valence-corrected chi connectivity index (χ4v) is 1.56. The summed E-state index contributed by atoms with van der Waals surface area (Å²) in [6, 6.07) is 3.60. The molecular weight excluding hydrogens is 269 g/mol. The average molecular weight is 281 g/mol. The Bertz CT molecular complexity index is 324. The van der Waals surface area contributed by atoms with E-state index < -0.39 is 5.38 Å². The minimum absolute atomic E-state index is 0.112. The zero-order valence-electron chi connectivity index (χ0n) is 7.96. The number of nitrogens with zero attached hydrogens (tertiary/aromatic N) is 1. The SMILES string of the molecule is CC(Cl)C(=O)N(C)Cc1ccc(Br)o1. The molecule has 78 valence electrons. The molecule has 1 amide bonds. The maximum Gasteiger partial charge on any atom is 0.240 e. The zero-order chi connectivity index (χ0) is 10.7. The molecule has 1 aromatic heterocycles.